The number of rotatable bonds is 6. The average molecular weight is 424 g/mol. The molecule has 1 fully saturated rings. The Morgan fingerprint density at radius 1 is 1.03 bits per heavy atom. The van der Waals surface area contributed by atoms with E-state index in [1.54, 1.807) is 12.1 Å². The molecule has 0 aliphatic carbocycles. The summed E-state index contributed by atoms with van der Waals surface area (Å²) in [5.41, 5.74) is -0.0820. The van der Waals surface area contributed by atoms with Crippen LogP contribution in [0.4, 0.5) is 24.5 Å². The Morgan fingerprint density at radius 2 is 1.67 bits per heavy atom. The third kappa shape index (κ3) is 3.85. The summed E-state index contributed by atoms with van der Waals surface area (Å²) < 4.78 is 56.0. The SMILES string of the molecule is COc1cc(N2CC(C(=O)Nc3ccc(F)c(F)c3F)CC2=O)cc(OC)c1OC. The van der Waals surface area contributed by atoms with Crippen molar-refractivity contribution >= 4 is 23.2 Å². The summed E-state index contributed by atoms with van der Waals surface area (Å²) in [7, 11) is 4.30. The Bertz CT molecular complexity index is 974. The minimum atomic E-state index is -1.69. The molecule has 30 heavy (non-hydrogen) atoms. The first-order valence-corrected chi connectivity index (χ1v) is 8.85. The molecule has 3 rings (SSSR count). The van der Waals surface area contributed by atoms with Gasteiger partial charge in [0.1, 0.15) is 0 Å². The molecule has 7 nitrogen and oxygen atoms in total. The molecule has 2 aromatic rings. The van der Waals surface area contributed by atoms with Gasteiger partial charge in [0, 0.05) is 25.1 Å². The Labute approximate surface area is 170 Å². The van der Waals surface area contributed by atoms with Gasteiger partial charge in [0.15, 0.2) is 29.0 Å². The van der Waals surface area contributed by atoms with E-state index in [0.717, 1.165) is 6.07 Å². The maximum atomic E-state index is 13.8. The summed E-state index contributed by atoms with van der Waals surface area (Å²) in [5.74, 6) is -5.42. The average Bonchev–Trinajstić information content (AvgIpc) is 3.14. The zero-order chi connectivity index (χ0) is 22.0. The number of carbonyl (C=O) groups is 2. The molecular formula is C20H19F3N2O5. The summed E-state index contributed by atoms with van der Waals surface area (Å²) in [6, 6.07) is 4.75. The van der Waals surface area contributed by atoms with Crippen LogP contribution in [0.5, 0.6) is 17.2 Å². The zero-order valence-corrected chi connectivity index (χ0v) is 16.4. The highest BCUT2D eigenvalue weighted by Gasteiger charge is 2.36. The van der Waals surface area contributed by atoms with E-state index in [4.69, 9.17) is 14.2 Å². The van der Waals surface area contributed by atoms with Gasteiger partial charge in [-0.1, -0.05) is 0 Å². The maximum absolute atomic E-state index is 13.8. The quantitative estimate of drug-likeness (QED) is 0.722. The van der Waals surface area contributed by atoms with Gasteiger partial charge in [-0.25, -0.2) is 13.2 Å². The molecule has 1 aliphatic rings. The molecule has 1 unspecified atom stereocenters. The number of nitrogens with zero attached hydrogens (tertiary/aromatic N) is 1. The number of amides is 2. The Balaban J connectivity index is 1.81. The summed E-state index contributed by atoms with van der Waals surface area (Å²) in [5, 5.41) is 2.21. The van der Waals surface area contributed by atoms with Gasteiger partial charge >= 0.3 is 0 Å². The molecule has 2 amide bonds. The smallest absolute Gasteiger partial charge is 0.229 e. The number of methoxy groups -OCH3 is 3. The van der Waals surface area contributed by atoms with Crippen molar-refractivity contribution in [2.24, 2.45) is 5.92 Å². The van der Waals surface area contributed by atoms with E-state index in [1.165, 1.54) is 26.2 Å². The first-order valence-electron chi connectivity index (χ1n) is 8.85. The van der Waals surface area contributed by atoms with Crippen LogP contribution < -0.4 is 24.4 Å². The minimum absolute atomic E-state index is 0.00536. The number of halogens is 3. The van der Waals surface area contributed by atoms with Crippen molar-refractivity contribution in [1.82, 2.24) is 0 Å². The van der Waals surface area contributed by atoms with Crippen LogP contribution in [0.1, 0.15) is 6.42 Å². The number of benzene rings is 2. The van der Waals surface area contributed by atoms with E-state index in [2.05, 4.69) is 5.32 Å². The fourth-order valence-corrected chi connectivity index (χ4v) is 3.21. The van der Waals surface area contributed by atoms with Crippen LogP contribution in [-0.2, 0) is 9.59 Å². The molecule has 1 atom stereocenters. The summed E-state index contributed by atoms with van der Waals surface area (Å²) in [4.78, 5) is 26.4. The van der Waals surface area contributed by atoms with Gasteiger partial charge in [-0.3, -0.25) is 9.59 Å². The fraction of sp³-hybridized carbons (Fsp3) is 0.300. The zero-order valence-electron chi connectivity index (χ0n) is 16.4. The summed E-state index contributed by atoms with van der Waals surface area (Å²) >= 11 is 0. The number of hydrogen-bond acceptors (Lipinski definition) is 5. The van der Waals surface area contributed by atoms with E-state index >= 15 is 0 Å². The van der Waals surface area contributed by atoms with Gasteiger partial charge in [-0.2, -0.15) is 0 Å². The van der Waals surface area contributed by atoms with Crippen LogP contribution in [0.25, 0.3) is 0 Å². The molecule has 1 N–H and O–H groups in total. The van der Waals surface area contributed by atoms with Crippen LogP contribution >= 0.6 is 0 Å². The summed E-state index contributed by atoms with van der Waals surface area (Å²) in [6.07, 6.45) is -0.145. The van der Waals surface area contributed by atoms with Crippen molar-refractivity contribution in [2.75, 3.05) is 38.1 Å². The predicted octanol–water partition coefficient (Wildman–Crippen LogP) is 3.12. The van der Waals surface area contributed by atoms with Gasteiger partial charge in [-0.15, -0.1) is 0 Å². The monoisotopic (exact) mass is 424 g/mol. The Hall–Kier alpha value is -3.43. The highest BCUT2D eigenvalue weighted by molar-refractivity contribution is 6.03. The highest BCUT2D eigenvalue weighted by atomic mass is 19.2. The largest absolute Gasteiger partial charge is 0.493 e. The molecule has 160 valence electrons. The first kappa shape index (κ1) is 21.3. The normalized spacial score (nSPS) is 15.9. The molecule has 0 aromatic heterocycles. The van der Waals surface area contributed by atoms with Crippen LogP contribution in [-0.4, -0.2) is 39.7 Å². The van der Waals surface area contributed by atoms with Crippen LogP contribution in [0.2, 0.25) is 0 Å². The van der Waals surface area contributed by atoms with Gasteiger partial charge in [0.05, 0.1) is 38.6 Å². The second-order valence-electron chi connectivity index (χ2n) is 6.50. The lowest BCUT2D eigenvalue weighted by molar-refractivity contribution is -0.122. The molecule has 0 bridgehead atoms. The van der Waals surface area contributed by atoms with Gasteiger partial charge in [-0.05, 0) is 12.1 Å². The molecule has 2 aromatic carbocycles. The number of hydrogen-bond donors (Lipinski definition) is 1. The van der Waals surface area contributed by atoms with Crippen molar-refractivity contribution in [2.45, 2.75) is 6.42 Å². The number of ether oxygens (including phenoxy) is 3. The minimum Gasteiger partial charge on any atom is -0.493 e. The van der Waals surface area contributed by atoms with Crippen LogP contribution in [0.15, 0.2) is 24.3 Å². The van der Waals surface area contributed by atoms with Gasteiger partial charge in [0.2, 0.25) is 17.6 Å². The second kappa shape index (κ2) is 8.52. The standard InChI is InChI=1S/C20H19F3N2O5/c1-28-14-7-11(8-15(29-2)19(14)30-3)25-9-10(6-16(25)26)20(27)24-13-5-4-12(21)17(22)18(13)23/h4-5,7-8,10H,6,9H2,1-3H3,(H,24,27). The van der Waals surface area contributed by atoms with E-state index in [9.17, 15) is 22.8 Å². The Kier molecular flexibility index (Phi) is 6.04. The van der Waals surface area contributed by atoms with E-state index in [0.29, 0.717) is 29.0 Å². The van der Waals surface area contributed by atoms with Crippen molar-refractivity contribution < 1.29 is 37.0 Å². The molecule has 0 saturated carbocycles. The van der Waals surface area contributed by atoms with E-state index < -0.39 is 35.0 Å². The molecule has 10 heteroatoms. The topological polar surface area (TPSA) is 77.1 Å². The highest BCUT2D eigenvalue weighted by Crippen LogP contribution is 2.42. The number of carbonyl (C=O) groups excluding carboxylic acids is 2. The molecule has 0 spiro atoms. The van der Waals surface area contributed by atoms with E-state index in [-0.39, 0.29) is 18.9 Å². The third-order valence-corrected chi connectivity index (χ3v) is 4.75. The third-order valence-electron chi connectivity index (χ3n) is 4.75. The first-order chi connectivity index (χ1) is 14.3. The number of nitrogens with one attached hydrogen (secondary N) is 1. The lowest BCUT2D eigenvalue weighted by Gasteiger charge is -2.20. The van der Waals surface area contributed by atoms with Crippen LogP contribution in [0, 0.1) is 23.4 Å². The summed E-state index contributed by atoms with van der Waals surface area (Å²) in [6.45, 7) is -0.00536. The van der Waals surface area contributed by atoms with Gasteiger partial charge in [0.25, 0.3) is 0 Å². The second-order valence-corrected chi connectivity index (χ2v) is 6.50. The van der Waals surface area contributed by atoms with Crippen LogP contribution in [0.3, 0.4) is 0 Å². The van der Waals surface area contributed by atoms with Crippen molar-refractivity contribution in [3.8, 4) is 17.2 Å². The molecule has 0 radical (unpaired) electrons. The van der Waals surface area contributed by atoms with Crippen molar-refractivity contribution in [3.05, 3.63) is 41.7 Å². The maximum Gasteiger partial charge on any atom is 0.229 e. The molecule has 1 saturated heterocycles. The lowest BCUT2D eigenvalue weighted by Crippen LogP contribution is -2.28. The molecule has 1 aliphatic heterocycles. The number of anilines is 2. The van der Waals surface area contributed by atoms with E-state index in [1.807, 2.05) is 0 Å². The van der Waals surface area contributed by atoms with Crippen molar-refractivity contribution in [1.29, 1.82) is 0 Å². The Morgan fingerprint density at radius 3 is 2.23 bits per heavy atom. The molecule has 1 heterocycles. The predicted molar refractivity (Wildman–Crippen MR) is 102 cm³/mol. The fourth-order valence-electron chi connectivity index (χ4n) is 3.21. The van der Waals surface area contributed by atoms with Gasteiger partial charge < -0.3 is 24.4 Å². The lowest BCUT2D eigenvalue weighted by atomic mass is 10.1. The molecular weight excluding hydrogens is 405 g/mol. The van der Waals surface area contributed by atoms with Crippen molar-refractivity contribution in [3.63, 3.8) is 0 Å².